The number of nitrogens with zero attached hydrogens (tertiary/aromatic N) is 1. The molecular weight excluding hydrogens is 342 g/mol. The van der Waals surface area contributed by atoms with E-state index in [0.29, 0.717) is 6.42 Å². The molecule has 0 aliphatic heterocycles. The third-order valence-electron chi connectivity index (χ3n) is 5.10. The molecular formula is C23H22ClNO. The summed E-state index contributed by atoms with van der Waals surface area (Å²) >= 11 is 6.03. The molecule has 132 valence electrons. The minimum Gasteiger partial charge on any atom is -0.396 e. The molecule has 0 saturated carbocycles. The zero-order chi connectivity index (χ0) is 17.9. The lowest BCUT2D eigenvalue weighted by atomic mass is 9.96. The first-order valence-electron chi connectivity index (χ1n) is 9.19. The molecule has 3 heteroatoms. The number of hydrogen-bond donors (Lipinski definition) is 1. The lowest BCUT2D eigenvalue weighted by Gasteiger charge is -2.12. The number of aliphatic hydroxyl groups is 1. The highest BCUT2D eigenvalue weighted by atomic mass is 35.5. The molecule has 0 fully saturated rings. The van der Waals surface area contributed by atoms with Crippen molar-refractivity contribution in [2.45, 2.75) is 32.1 Å². The Labute approximate surface area is 159 Å². The van der Waals surface area contributed by atoms with Crippen LogP contribution in [0.4, 0.5) is 0 Å². The fourth-order valence-electron chi connectivity index (χ4n) is 3.73. The Morgan fingerprint density at radius 1 is 0.923 bits per heavy atom. The van der Waals surface area contributed by atoms with Crippen molar-refractivity contribution >= 4 is 11.6 Å². The number of rotatable bonds is 5. The summed E-state index contributed by atoms with van der Waals surface area (Å²) in [4.78, 5) is 4.92. The summed E-state index contributed by atoms with van der Waals surface area (Å²) in [5, 5.41) is 9.82. The SMILES string of the molecule is OCCc1ccc(Cc2cc(-c3ccc(Cl)cc3)nc3c2CCC3)cc1. The predicted molar refractivity (Wildman–Crippen MR) is 107 cm³/mol. The van der Waals surface area contributed by atoms with Crippen LogP contribution in [0.1, 0.15) is 34.4 Å². The van der Waals surface area contributed by atoms with Crippen LogP contribution in [0, 0.1) is 0 Å². The van der Waals surface area contributed by atoms with E-state index in [4.69, 9.17) is 21.7 Å². The van der Waals surface area contributed by atoms with Crippen molar-refractivity contribution in [3.8, 4) is 11.3 Å². The third kappa shape index (κ3) is 3.67. The summed E-state index contributed by atoms with van der Waals surface area (Å²) in [6, 6.07) is 18.8. The molecule has 4 rings (SSSR count). The van der Waals surface area contributed by atoms with Gasteiger partial charge in [-0.25, -0.2) is 0 Å². The third-order valence-corrected chi connectivity index (χ3v) is 5.35. The number of aryl methyl sites for hydroxylation is 1. The second kappa shape index (κ2) is 7.61. The van der Waals surface area contributed by atoms with Gasteiger partial charge in [0.05, 0.1) is 5.69 Å². The Morgan fingerprint density at radius 3 is 2.38 bits per heavy atom. The van der Waals surface area contributed by atoms with Gasteiger partial charge < -0.3 is 5.11 Å². The monoisotopic (exact) mass is 363 g/mol. The van der Waals surface area contributed by atoms with Gasteiger partial charge in [-0.3, -0.25) is 4.98 Å². The lowest BCUT2D eigenvalue weighted by Crippen LogP contribution is -2.00. The van der Waals surface area contributed by atoms with Crippen molar-refractivity contribution in [3.05, 3.63) is 87.6 Å². The first-order chi connectivity index (χ1) is 12.7. The van der Waals surface area contributed by atoms with Crippen LogP contribution in [0.2, 0.25) is 5.02 Å². The van der Waals surface area contributed by atoms with Gasteiger partial charge in [-0.05, 0) is 72.6 Å². The molecule has 1 N–H and O–H groups in total. The van der Waals surface area contributed by atoms with E-state index >= 15 is 0 Å². The van der Waals surface area contributed by atoms with Crippen LogP contribution >= 0.6 is 11.6 Å². The van der Waals surface area contributed by atoms with Crippen LogP contribution in [0.25, 0.3) is 11.3 Å². The van der Waals surface area contributed by atoms with Gasteiger partial charge in [-0.15, -0.1) is 0 Å². The van der Waals surface area contributed by atoms with Crippen LogP contribution in [-0.4, -0.2) is 16.7 Å². The maximum Gasteiger partial charge on any atom is 0.0708 e. The molecule has 0 atom stereocenters. The largest absolute Gasteiger partial charge is 0.396 e. The molecule has 1 aliphatic rings. The van der Waals surface area contributed by atoms with E-state index < -0.39 is 0 Å². The molecule has 0 saturated heterocycles. The van der Waals surface area contributed by atoms with Gasteiger partial charge in [0.2, 0.25) is 0 Å². The van der Waals surface area contributed by atoms with Crippen LogP contribution < -0.4 is 0 Å². The van der Waals surface area contributed by atoms with Gasteiger partial charge in [-0.1, -0.05) is 48.0 Å². The fourth-order valence-corrected chi connectivity index (χ4v) is 3.85. The highest BCUT2D eigenvalue weighted by molar-refractivity contribution is 6.30. The Morgan fingerprint density at radius 2 is 1.65 bits per heavy atom. The van der Waals surface area contributed by atoms with E-state index in [0.717, 1.165) is 35.5 Å². The summed E-state index contributed by atoms with van der Waals surface area (Å²) in [7, 11) is 0. The van der Waals surface area contributed by atoms with Crippen molar-refractivity contribution < 1.29 is 5.11 Å². The Balaban J connectivity index is 1.67. The molecule has 1 heterocycles. The van der Waals surface area contributed by atoms with Crippen LogP contribution in [0.15, 0.2) is 54.6 Å². The number of aromatic nitrogens is 1. The number of pyridine rings is 1. The second-order valence-corrected chi connectivity index (χ2v) is 7.36. The molecule has 0 spiro atoms. The number of halogens is 1. The topological polar surface area (TPSA) is 33.1 Å². The number of aliphatic hydroxyl groups excluding tert-OH is 1. The standard InChI is InChI=1S/C23H22ClNO/c24-20-10-8-18(9-11-20)23-15-19(21-2-1-3-22(21)25-23)14-17-6-4-16(5-7-17)12-13-26/h4-11,15,26H,1-3,12-14H2. The van der Waals surface area contributed by atoms with Crippen LogP contribution in [-0.2, 0) is 25.7 Å². The Hall–Kier alpha value is -2.16. The number of benzene rings is 2. The van der Waals surface area contributed by atoms with E-state index in [-0.39, 0.29) is 6.61 Å². The number of hydrogen-bond acceptors (Lipinski definition) is 2. The first-order valence-corrected chi connectivity index (χ1v) is 9.57. The first kappa shape index (κ1) is 17.3. The van der Waals surface area contributed by atoms with Gasteiger partial charge in [-0.2, -0.15) is 0 Å². The molecule has 26 heavy (non-hydrogen) atoms. The van der Waals surface area contributed by atoms with Crippen molar-refractivity contribution in [3.63, 3.8) is 0 Å². The summed E-state index contributed by atoms with van der Waals surface area (Å²) in [6.07, 6.45) is 5.02. The molecule has 0 amide bonds. The van der Waals surface area contributed by atoms with Crippen molar-refractivity contribution in [1.29, 1.82) is 0 Å². The fraction of sp³-hybridized carbons (Fsp3) is 0.261. The van der Waals surface area contributed by atoms with Crippen molar-refractivity contribution in [1.82, 2.24) is 4.98 Å². The van der Waals surface area contributed by atoms with E-state index in [9.17, 15) is 0 Å². The van der Waals surface area contributed by atoms with E-state index in [1.54, 1.807) is 0 Å². The van der Waals surface area contributed by atoms with Crippen molar-refractivity contribution in [2.75, 3.05) is 6.61 Å². The Bertz CT molecular complexity index is 901. The Kier molecular flexibility index (Phi) is 5.05. The molecule has 0 radical (unpaired) electrons. The average Bonchev–Trinajstić information content (AvgIpc) is 3.13. The van der Waals surface area contributed by atoms with Gasteiger partial charge in [0, 0.05) is 22.9 Å². The van der Waals surface area contributed by atoms with Gasteiger partial charge >= 0.3 is 0 Å². The smallest absolute Gasteiger partial charge is 0.0708 e. The van der Waals surface area contributed by atoms with Crippen LogP contribution in [0.3, 0.4) is 0 Å². The number of fused-ring (bicyclic) bond motifs is 1. The normalized spacial score (nSPS) is 13.0. The summed E-state index contributed by atoms with van der Waals surface area (Å²) < 4.78 is 0. The summed E-state index contributed by atoms with van der Waals surface area (Å²) in [5.74, 6) is 0. The molecule has 2 nitrogen and oxygen atoms in total. The zero-order valence-electron chi connectivity index (χ0n) is 14.7. The summed E-state index contributed by atoms with van der Waals surface area (Å²) in [6.45, 7) is 0.196. The lowest BCUT2D eigenvalue weighted by molar-refractivity contribution is 0.299. The predicted octanol–water partition coefficient (Wildman–Crippen LogP) is 5.02. The van der Waals surface area contributed by atoms with E-state index in [1.165, 1.54) is 34.4 Å². The molecule has 0 unspecified atom stereocenters. The zero-order valence-corrected chi connectivity index (χ0v) is 15.5. The second-order valence-electron chi connectivity index (χ2n) is 6.92. The van der Waals surface area contributed by atoms with Gasteiger partial charge in [0.1, 0.15) is 0 Å². The molecule has 3 aromatic rings. The molecule has 1 aliphatic carbocycles. The minimum atomic E-state index is 0.196. The van der Waals surface area contributed by atoms with E-state index in [2.05, 4.69) is 30.3 Å². The van der Waals surface area contributed by atoms with Gasteiger partial charge in [0.15, 0.2) is 0 Å². The average molecular weight is 364 g/mol. The maximum atomic E-state index is 9.07. The molecule has 0 bridgehead atoms. The van der Waals surface area contributed by atoms with Crippen molar-refractivity contribution in [2.24, 2.45) is 0 Å². The maximum absolute atomic E-state index is 9.07. The quantitative estimate of drug-likeness (QED) is 0.690. The summed E-state index contributed by atoms with van der Waals surface area (Å²) in [5.41, 5.74) is 8.70. The van der Waals surface area contributed by atoms with E-state index in [1.807, 2.05) is 24.3 Å². The van der Waals surface area contributed by atoms with Crippen LogP contribution in [0.5, 0.6) is 0 Å². The van der Waals surface area contributed by atoms with Gasteiger partial charge in [0.25, 0.3) is 0 Å². The minimum absolute atomic E-state index is 0.196. The molecule has 2 aromatic carbocycles. The highest BCUT2D eigenvalue weighted by Crippen LogP contribution is 2.30. The highest BCUT2D eigenvalue weighted by Gasteiger charge is 2.18. The molecule has 1 aromatic heterocycles.